The highest BCUT2D eigenvalue weighted by molar-refractivity contribution is 6.04. The van der Waals surface area contributed by atoms with E-state index in [4.69, 9.17) is 4.98 Å². The van der Waals surface area contributed by atoms with E-state index in [1.165, 1.54) is 12.8 Å². The van der Waals surface area contributed by atoms with Crippen molar-refractivity contribution >= 4 is 17.4 Å². The first-order valence-electron chi connectivity index (χ1n) is 10.8. The Labute approximate surface area is 171 Å². The Morgan fingerprint density at radius 3 is 2.72 bits per heavy atom. The molecular weight excluding hydrogens is 364 g/mol. The molecule has 0 saturated heterocycles. The lowest BCUT2D eigenvalue weighted by Gasteiger charge is -2.43. The van der Waals surface area contributed by atoms with E-state index < -0.39 is 0 Å². The molecule has 0 spiro atoms. The first kappa shape index (κ1) is 18.3. The van der Waals surface area contributed by atoms with Gasteiger partial charge in [-0.2, -0.15) is 4.98 Å². The molecule has 0 bridgehead atoms. The molecule has 1 fully saturated rings. The van der Waals surface area contributed by atoms with Crippen LogP contribution in [0, 0.1) is 0 Å². The van der Waals surface area contributed by atoms with Crippen molar-refractivity contribution < 1.29 is 4.79 Å². The number of allylic oxidation sites excluding steroid dienone is 2. The molecular formula is C22H28N6O. The minimum Gasteiger partial charge on any atom is -0.340 e. The van der Waals surface area contributed by atoms with Crippen LogP contribution in [-0.4, -0.2) is 44.6 Å². The van der Waals surface area contributed by atoms with E-state index in [0.717, 1.165) is 49.4 Å². The second-order valence-electron chi connectivity index (χ2n) is 8.31. The minimum atomic E-state index is -0.154. The maximum absolute atomic E-state index is 13.0. The summed E-state index contributed by atoms with van der Waals surface area (Å²) < 4.78 is 2.00. The lowest BCUT2D eigenvalue weighted by molar-refractivity contribution is -0.120. The molecule has 2 aromatic rings. The highest BCUT2D eigenvalue weighted by Crippen LogP contribution is 2.40. The van der Waals surface area contributed by atoms with Gasteiger partial charge in [0, 0.05) is 31.4 Å². The molecule has 3 heterocycles. The summed E-state index contributed by atoms with van der Waals surface area (Å²) in [6.45, 7) is 2.09. The molecule has 0 radical (unpaired) electrons. The fourth-order valence-electron chi connectivity index (χ4n) is 5.10. The third kappa shape index (κ3) is 2.94. The van der Waals surface area contributed by atoms with E-state index in [1.54, 1.807) is 11.1 Å². The minimum absolute atomic E-state index is 0.141. The van der Waals surface area contributed by atoms with Gasteiger partial charge in [0.25, 0.3) is 0 Å². The second-order valence-corrected chi connectivity index (χ2v) is 8.31. The number of nitrogens with zero attached hydrogens (tertiary/aromatic N) is 6. The Bertz CT molecular complexity index is 945. The van der Waals surface area contributed by atoms with Crippen LogP contribution in [0.1, 0.15) is 63.6 Å². The number of carbonyl (C=O) groups excluding carboxylic acids is 1. The smallest absolute Gasteiger partial charge is 0.249 e. The summed E-state index contributed by atoms with van der Waals surface area (Å²) in [5, 5.41) is 0. The monoisotopic (exact) mass is 392 g/mol. The molecule has 0 aromatic carbocycles. The van der Waals surface area contributed by atoms with E-state index in [9.17, 15) is 4.79 Å². The first-order chi connectivity index (χ1) is 14.2. The van der Waals surface area contributed by atoms with Gasteiger partial charge in [-0.15, -0.1) is 0 Å². The number of imidazole rings is 1. The lowest BCUT2D eigenvalue weighted by atomic mass is 10.0. The Hall–Kier alpha value is -2.70. The molecule has 1 amide bonds. The van der Waals surface area contributed by atoms with Crippen molar-refractivity contribution in [2.45, 2.75) is 69.9 Å². The van der Waals surface area contributed by atoms with Crippen molar-refractivity contribution in [2.75, 3.05) is 16.8 Å². The summed E-state index contributed by atoms with van der Waals surface area (Å²) in [6, 6.07) is 0.220. The van der Waals surface area contributed by atoms with Crippen molar-refractivity contribution in [3.8, 4) is 5.95 Å². The van der Waals surface area contributed by atoms with E-state index in [-0.39, 0.29) is 11.9 Å². The molecule has 3 aliphatic rings. The summed E-state index contributed by atoms with van der Waals surface area (Å²) in [7, 11) is 1.84. The number of anilines is 2. The zero-order valence-electron chi connectivity index (χ0n) is 17.2. The number of fused-ring (bicyclic) bond motifs is 1. The molecule has 1 aliphatic heterocycles. The first-order valence-corrected chi connectivity index (χ1v) is 10.8. The van der Waals surface area contributed by atoms with Gasteiger partial charge in [-0.1, -0.05) is 31.9 Å². The van der Waals surface area contributed by atoms with E-state index >= 15 is 0 Å². The van der Waals surface area contributed by atoms with Crippen LogP contribution in [-0.2, 0) is 4.79 Å². The highest BCUT2D eigenvalue weighted by atomic mass is 16.2. The van der Waals surface area contributed by atoms with Gasteiger partial charge in [-0.3, -0.25) is 9.36 Å². The van der Waals surface area contributed by atoms with Crippen LogP contribution in [0.15, 0.2) is 30.7 Å². The Kier molecular flexibility index (Phi) is 4.60. The van der Waals surface area contributed by atoms with Crippen molar-refractivity contribution in [1.29, 1.82) is 0 Å². The van der Waals surface area contributed by atoms with Gasteiger partial charge in [0.1, 0.15) is 17.6 Å². The van der Waals surface area contributed by atoms with Gasteiger partial charge in [0.05, 0.1) is 6.20 Å². The number of likely N-dealkylation sites (N-methyl/N-ethyl adjacent to an activating group) is 1. The molecule has 0 N–H and O–H groups in total. The fourth-order valence-corrected chi connectivity index (χ4v) is 5.10. The van der Waals surface area contributed by atoms with Crippen LogP contribution in [0.5, 0.6) is 0 Å². The van der Waals surface area contributed by atoms with Crippen LogP contribution >= 0.6 is 0 Å². The standard InChI is InChI=1S/C22H28N6O/c1-3-17-21(29)26(2)18-14-24-22(25-20(18)28(17)16-10-6-7-11-16)27-13-12-23-19(27)15-8-4-5-9-15/h4,8,12-17H,3,5-7,9-11H2,1-2H3. The quantitative estimate of drug-likeness (QED) is 0.744. The van der Waals surface area contributed by atoms with Crippen LogP contribution in [0.4, 0.5) is 11.5 Å². The Balaban J connectivity index is 1.61. The van der Waals surface area contributed by atoms with Gasteiger partial charge in [0.15, 0.2) is 5.82 Å². The molecule has 2 unspecified atom stereocenters. The molecule has 7 nitrogen and oxygen atoms in total. The van der Waals surface area contributed by atoms with Gasteiger partial charge in [0.2, 0.25) is 11.9 Å². The predicted molar refractivity (Wildman–Crippen MR) is 112 cm³/mol. The van der Waals surface area contributed by atoms with Gasteiger partial charge < -0.3 is 9.80 Å². The average molecular weight is 393 g/mol. The Morgan fingerprint density at radius 1 is 1.17 bits per heavy atom. The second kappa shape index (κ2) is 7.28. The maximum atomic E-state index is 13.0. The number of aromatic nitrogens is 4. The molecule has 29 heavy (non-hydrogen) atoms. The molecule has 2 aliphatic carbocycles. The van der Waals surface area contributed by atoms with E-state index in [0.29, 0.717) is 17.9 Å². The normalized spacial score (nSPS) is 24.6. The number of amides is 1. The third-order valence-electron chi connectivity index (χ3n) is 6.63. The Morgan fingerprint density at radius 2 is 2.00 bits per heavy atom. The third-order valence-corrected chi connectivity index (χ3v) is 6.63. The summed E-state index contributed by atoms with van der Waals surface area (Å²) in [5.74, 6) is 2.96. The van der Waals surface area contributed by atoms with Crippen molar-refractivity contribution in [3.05, 3.63) is 36.6 Å². The van der Waals surface area contributed by atoms with Crippen LogP contribution in [0.2, 0.25) is 0 Å². The SMILES string of the molecule is CCC1C(=O)N(C)c2cnc(-n3ccnc3C3C=CCC3)nc2N1C1CCCC1. The summed E-state index contributed by atoms with van der Waals surface area (Å²) in [4.78, 5) is 31.3. The lowest BCUT2D eigenvalue weighted by Crippen LogP contribution is -2.55. The van der Waals surface area contributed by atoms with Gasteiger partial charge in [-0.25, -0.2) is 9.97 Å². The van der Waals surface area contributed by atoms with Gasteiger partial charge in [-0.05, 0) is 32.1 Å². The largest absolute Gasteiger partial charge is 0.340 e. The van der Waals surface area contributed by atoms with Crippen LogP contribution < -0.4 is 9.80 Å². The highest BCUT2D eigenvalue weighted by Gasteiger charge is 2.41. The summed E-state index contributed by atoms with van der Waals surface area (Å²) in [5.41, 5.74) is 0.803. The molecule has 2 aromatic heterocycles. The molecule has 2 atom stereocenters. The van der Waals surface area contributed by atoms with Crippen LogP contribution in [0.25, 0.3) is 5.95 Å². The van der Waals surface area contributed by atoms with E-state index in [2.05, 4.69) is 33.9 Å². The molecule has 7 heteroatoms. The van der Waals surface area contributed by atoms with Crippen molar-refractivity contribution in [3.63, 3.8) is 0 Å². The number of hydrogen-bond donors (Lipinski definition) is 0. The van der Waals surface area contributed by atoms with Crippen LogP contribution in [0.3, 0.4) is 0 Å². The van der Waals surface area contributed by atoms with Gasteiger partial charge >= 0.3 is 0 Å². The molecule has 1 saturated carbocycles. The molecule has 152 valence electrons. The number of carbonyl (C=O) groups is 1. The zero-order chi connectivity index (χ0) is 20.0. The summed E-state index contributed by atoms with van der Waals surface area (Å²) >= 11 is 0. The maximum Gasteiger partial charge on any atom is 0.249 e. The topological polar surface area (TPSA) is 67.2 Å². The molecule has 5 rings (SSSR count). The van der Waals surface area contributed by atoms with Crippen molar-refractivity contribution in [2.24, 2.45) is 0 Å². The van der Waals surface area contributed by atoms with Crippen molar-refractivity contribution in [1.82, 2.24) is 19.5 Å². The zero-order valence-corrected chi connectivity index (χ0v) is 17.2. The number of rotatable bonds is 4. The van der Waals surface area contributed by atoms with E-state index in [1.807, 2.05) is 24.0 Å². The fraction of sp³-hybridized carbons (Fsp3) is 0.545. The predicted octanol–water partition coefficient (Wildman–Crippen LogP) is 3.60. The summed E-state index contributed by atoms with van der Waals surface area (Å²) in [6.07, 6.45) is 17.6. The number of hydrogen-bond acceptors (Lipinski definition) is 5. The average Bonchev–Trinajstić information content (AvgIpc) is 3.51.